The van der Waals surface area contributed by atoms with Gasteiger partial charge in [-0.15, -0.1) is 5.10 Å². The minimum Gasteiger partial charge on any atom is -0.489 e. The second kappa shape index (κ2) is 7.84. The van der Waals surface area contributed by atoms with E-state index in [-0.39, 0.29) is 34.7 Å². The molecule has 0 aliphatic carbocycles. The number of ether oxygens (including phenoxy) is 1. The molecule has 0 amide bonds. The molecule has 30 heavy (non-hydrogen) atoms. The van der Waals surface area contributed by atoms with Crippen molar-refractivity contribution in [3.63, 3.8) is 0 Å². The van der Waals surface area contributed by atoms with Crippen molar-refractivity contribution in [2.24, 2.45) is 0 Å². The van der Waals surface area contributed by atoms with E-state index in [4.69, 9.17) is 10.5 Å². The van der Waals surface area contributed by atoms with Crippen molar-refractivity contribution in [1.82, 2.24) is 14.6 Å². The number of carbonyl (C=O) groups is 1. The fourth-order valence-electron chi connectivity index (χ4n) is 3.36. The number of nitrogens with zero attached hydrogens (tertiary/aromatic N) is 5. The molecule has 3 aromatic rings. The molecule has 10 heteroatoms. The first kappa shape index (κ1) is 20.0. The second-order valence-corrected chi connectivity index (χ2v) is 7.86. The summed E-state index contributed by atoms with van der Waals surface area (Å²) >= 11 is 1.05. The first-order valence-corrected chi connectivity index (χ1v) is 10.4. The molecule has 2 aromatic heterocycles. The van der Waals surface area contributed by atoms with Crippen molar-refractivity contribution in [3.8, 4) is 11.8 Å². The number of nitriles is 1. The first-order chi connectivity index (χ1) is 14.4. The van der Waals surface area contributed by atoms with Crippen LogP contribution in [0.1, 0.15) is 35.3 Å². The monoisotopic (exact) mass is 426 g/mol. The van der Waals surface area contributed by atoms with Crippen LogP contribution in [0.25, 0.3) is 5.65 Å². The van der Waals surface area contributed by atoms with E-state index < -0.39 is 5.82 Å². The van der Waals surface area contributed by atoms with Gasteiger partial charge >= 0.3 is 0 Å². The van der Waals surface area contributed by atoms with Gasteiger partial charge in [0, 0.05) is 30.6 Å². The van der Waals surface area contributed by atoms with Crippen molar-refractivity contribution >= 4 is 34.2 Å². The second-order valence-electron chi connectivity index (χ2n) is 6.87. The van der Waals surface area contributed by atoms with Gasteiger partial charge in [0.2, 0.25) is 5.12 Å². The number of benzene rings is 1. The average Bonchev–Trinajstić information content (AvgIpc) is 3.06. The summed E-state index contributed by atoms with van der Waals surface area (Å²) in [6, 6.07) is 6.42. The number of rotatable bonds is 1. The SMILES string of the molecule is CCN1Cc2c(ccc(F)c2C#N)O[C@@H](C)CSC(=O)c2c(N)nn3ccc1nc23. The van der Waals surface area contributed by atoms with E-state index in [0.717, 1.165) is 11.8 Å². The zero-order valence-electron chi connectivity index (χ0n) is 16.4. The maximum Gasteiger partial charge on any atom is 0.227 e. The predicted octanol–water partition coefficient (Wildman–Crippen LogP) is 3.00. The van der Waals surface area contributed by atoms with E-state index in [1.165, 1.54) is 16.6 Å². The number of halogens is 1. The number of nitrogens with two attached hydrogens (primary N) is 1. The highest BCUT2D eigenvalue weighted by Crippen LogP contribution is 2.31. The fourth-order valence-corrected chi connectivity index (χ4v) is 4.15. The molecule has 1 aliphatic rings. The predicted molar refractivity (Wildman–Crippen MR) is 112 cm³/mol. The molecule has 154 valence electrons. The zero-order valence-corrected chi connectivity index (χ0v) is 17.2. The van der Waals surface area contributed by atoms with Crippen LogP contribution < -0.4 is 15.4 Å². The molecule has 0 saturated carbocycles. The van der Waals surface area contributed by atoms with Crippen LogP contribution >= 0.6 is 11.8 Å². The van der Waals surface area contributed by atoms with Crippen LogP contribution in [0, 0.1) is 17.1 Å². The van der Waals surface area contributed by atoms with Crippen LogP contribution in [0.2, 0.25) is 0 Å². The Bertz CT molecular complexity index is 1190. The van der Waals surface area contributed by atoms with Gasteiger partial charge < -0.3 is 15.4 Å². The smallest absolute Gasteiger partial charge is 0.227 e. The Balaban J connectivity index is 1.92. The number of hydrogen-bond acceptors (Lipinski definition) is 8. The standard InChI is InChI=1S/C20H19FN6O2S/c1-3-26-9-13-12(8-22)14(21)4-5-15(13)29-11(2)10-30-20(28)17-18(23)25-27-7-6-16(26)24-19(17)27/h4-7,11H,3,9-10H2,1-2H3,(H2,23,25)/t11-/m0/s1. The summed E-state index contributed by atoms with van der Waals surface area (Å²) in [5.41, 5.74) is 6.98. The summed E-state index contributed by atoms with van der Waals surface area (Å²) in [6.07, 6.45) is 1.31. The lowest BCUT2D eigenvalue weighted by Gasteiger charge is -2.25. The van der Waals surface area contributed by atoms with E-state index in [1.54, 1.807) is 12.3 Å². The Morgan fingerprint density at radius 1 is 1.43 bits per heavy atom. The summed E-state index contributed by atoms with van der Waals surface area (Å²) in [4.78, 5) is 19.3. The van der Waals surface area contributed by atoms with Crippen molar-refractivity contribution < 1.29 is 13.9 Å². The van der Waals surface area contributed by atoms with Crippen LogP contribution in [0.15, 0.2) is 24.4 Å². The number of hydrogen-bond donors (Lipinski definition) is 1. The minimum absolute atomic E-state index is 0.0629. The van der Waals surface area contributed by atoms with Crippen LogP contribution in [-0.4, -0.2) is 38.1 Å². The third-order valence-corrected chi connectivity index (χ3v) is 5.97. The lowest BCUT2D eigenvalue weighted by atomic mass is 10.1. The molecule has 3 heterocycles. The number of thioether (sulfide) groups is 1. The minimum atomic E-state index is -0.605. The quantitative estimate of drug-likeness (QED) is 0.632. The summed E-state index contributed by atoms with van der Waals surface area (Å²) in [5.74, 6) is 0.809. The number of anilines is 2. The van der Waals surface area contributed by atoms with Gasteiger partial charge in [-0.3, -0.25) is 4.79 Å². The fraction of sp³-hybridized carbons (Fsp3) is 0.300. The third kappa shape index (κ3) is 3.41. The van der Waals surface area contributed by atoms with E-state index >= 15 is 0 Å². The van der Waals surface area contributed by atoms with Crippen LogP contribution in [0.3, 0.4) is 0 Å². The highest BCUT2D eigenvalue weighted by molar-refractivity contribution is 8.14. The van der Waals surface area contributed by atoms with Gasteiger partial charge in [-0.1, -0.05) is 11.8 Å². The molecule has 1 aromatic carbocycles. The number of nitrogen functional groups attached to an aromatic ring is 1. The van der Waals surface area contributed by atoms with E-state index in [0.29, 0.717) is 35.1 Å². The largest absolute Gasteiger partial charge is 0.489 e. The highest BCUT2D eigenvalue weighted by atomic mass is 32.2. The molecule has 2 N–H and O–H groups in total. The van der Waals surface area contributed by atoms with Crippen molar-refractivity contribution in [3.05, 3.63) is 46.9 Å². The van der Waals surface area contributed by atoms with Crippen molar-refractivity contribution in [2.75, 3.05) is 22.9 Å². The Morgan fingerprint density at radius 2 is 2.23 bits per heavy atom. The molecule has 0 radical (unpaired) electrons. The molecule has 0 fully saturated rings. The molecule has 0 spiro atoms. The number of carbonyl (C=O) groups excluding carboxylic acids is 1. The zero-order chi connectivity index (χ0) is 21.4. The third-order valence-electron chi connectivity index (χ3n) is 4.86. The van der Waals surface area contributed by atoms with Gasteiger partial charge in [-0.2, -0.15) is 5.26 Å². The molecule has 0 saturated heterocycles. The lowest BCUT2D eigenvalue weighted by Crippen LogP contribution is -2.25. The van der Waals surface area contributed by atoms with Gasteiger partial charge in [0.05, 0.1) is 5.56 Å². The van der Waals surface area contributed by atoms with E-state index in [2.05, 4.69) is 10.1 Å². The van der Waals surface area contributed by atoms with Crippen molar-refractivity contribution in [2.45, 2.75) is 26.5 Å². The topological polar surface area (TPSA) is 110 Å². The first-order valence-electron chi connectivity index (χ1n) is 9.38. The summed E-state index contributed by atoms with van der Waals surface area (Å²) in [5, 5.41) is 13.5. The maximum absolute atomic E-state index is 14.4. The highest BCUT2D eigenvalue weighted by Gasteiger charge is 2.25. The van der Waals surface area contributed by atoms with Gasteiger partial charge in [0.1, 0.15) is 35.1 Å². The van der Waals surface area contributed by atoms with Crippen LogP contribution in [0.4, 0.5) is 16.0 Å². The molecule has 4 rings (SSSR count). The van der Waals surface area contributed by atoms with E-state index in [9.17, 15) is 14.4 Å². The average molecular weight is 426 g/mol. The Labute approximate surface area is 176 Å². The van der Waals surface area contributed by atoms with Gasteiger partial charge in [0.25, 0.3) is 0 Å². The molecule has 8 nitrogen and oxygen atoms in total. The number of aromatic nitrogens is 3. The Morgan fingerprint density at radius 3 is 2.97 bits per heavy atom. The molecular formula is C20H19FN6O2S. The summed E-state index contributed by atoms with van der Waals surface area (Å²) in [7, 11) is 0. The Kier molecular flexibility index (Phi) is 5.22. The van der Waals surface area contributed by atoms with Gasteiger partial charge in [-0.05, 0) is 32.0 Å². The maximum atomic E-state index is 14.4. The Hall–Kier alpha value is -3.32. The van der Waals surface area contributed by atoms with Crippen molar-refractivity contribution in [1.29, 1.82) is 5.26 Å². The number of fused-ring (bicyclic) bond motifs is 2. The summed E-state index contributed by atoms with van der Waals surface area (Å²) < 4.78 is 21.8. The lowest BCUT2D eigenvalue weighted by molar-refractivity contribution is 0.108. The summed E-state index contributed by atoms with van der Waals surface area (Å²) in [6.45, 7) is 4.47. The van der Waals surface area contributed by atoms with E-state index in [1.807, 2.05) is 24.8 Å². The molecule has 2 bridgehead atoms. The molecule has 0 unspecified atom stereocenters. The molecule has 1 aliphatic heterocycles. The van der Waals surface area contributed by atoms with Gasteiger partial charge in [0.15, 0.2) is 11.5 Å². The van der Waals surface area contributed by atoms with Gasteiger partial charge in [-0.25, -0.2) is 13.9 Å². The van der Waals surface area contributed by atoms with Crippen LogP contribution in [-0.2, 0) is 6.54 Å². The molecular weight excluding hydrogens is 407 g/mol. The molecule has 1 atom stereocenters. The van der Waals surface area contributed by atoms with Crippen LogP contribution in [0.5, 0.6) is 5.75 Å². The normalized spacial score (nSPS) is 16.9.